The molecule has 0 aliphatic carbocycles. The van der Waals surface area contributed by atoms with E-state index in [0.29, 0.717) is 30.8 Å². The second-order valence-electron chi connectivity index (χ2n) is 6.06. The summed E-state index contributed by atoms with van der Waals surface area (Å²) in [7, 11) is 0. The van der Waals surface area contributed by atoms with Crippen molar-refractivity contribution in [2.24, 2.45) is 0 Å². The summed E-state index contributed by atoms with van der Waals surface area (Å²) in [5.74, 6) is 0.682. The average Bonchev–Trinajstić information content (AvgIpc) is 2.62. The summed E-state index contributed by atoms with van der Waals surface area (Å²) in [5, 5.41) is 3.30. The monoisotopic (exact) mass is 326 g/mol. The zero-order chi connectivity index (χ0) is 16.9. The number of nitrogens with zero attached hydrogens (tertiary/aromatic N) is 5. The summed E-state index contributed by atoms with van der Waals surface area (Å²) in [6, 6.07) is 5.80. The van der Waals surface area contributed by atoms with Gasteiger partial charge in [-0.25, -0.2) is 9.97 Å². The fourth-order valence-electron chi connectivity index (χ4n) is 2.70. The Bertz CT molecular complexity index is 682. The van der Waals surface area contributed by atoms with Crippen molar-refractivity contribution in [1.82, 2.24) is 19.9 Å². The molecule has 0 spiro atoms. The van der Waals surface area contributed by atoms with E-state index in [9.17, 15) is 4.79 Å². The van der Waals surface area contributed by atoms with Crippen LogP contribution in [-0.2, 0) is 0 Å². The molecule has 0 unspecified atom stereocenters. The lowest BCUT2D eigenvalue weighted by molar-refractivity contribution is 0.0740. The number of carbonyl (C=O) groups is 1. The Labute approximate surface area is 141 Å². The Morgan fingerprint density at radius 2 is 1.79 bits per heavy atom. The maximum absolute atomic E-state index is 12.7. The van der Waals surface area contributed by atoms with Crippen LogP contribution in [0.5, 0.6) is 0 Å². The van der Waals surface area contributed by atoms with Gasteiger partial charge >= 0.3 is 0 Å². The van der Waals surface area contributed by atoms with Gasteiger partial charge in [-0.2, -0.15) is 0 Å². The van der Waals surface area contributed by atoms with Crippen molar-refractivity contribution in [3.05, 3.63) is 42.5 Å². The molecule has 0 saturated carbocycles. The number of carbonyl (C=O) groups excluding carboxylic acids is 1. The van der Waals surface area contributed by atoms with Crippen molar-refractivity contribution in [1.29, 1.82) is 0 Å². The molecule has 3 heterocycles. The zero-order valence-electron chi connectivity index (χ0n) is 14.0. The first-order valence-corrected chi connectivity index (χ1v) is 8.17. The number of aromatic nitrogens is 3. The first kappa shape index (κ1) is 16.2. The molecule has 2 aromatic heterocycles. The number of amides is 1. The maximum Gasteiger partial charge on any atom is 0.272 e. The van der Waals surface area contributed by atoms with E-state index in [1.165, 1.54) is 0 Å². The van der Waals surface area contributed by atoms with Crippen molar-refractivity contribution in [3.63, 3.8) is 0 Å². The van der Waals surface area contributed by atoms with Gasteiger partial charge in [0.2, 0.25) is 5.95 Å². The smallest absolute Gasteiger partial charge is 0.272 e. The highest BCUT2D eigenvalue weighted by atomic mass is 16.2. The number of rotatable bonds is 4. The summed E-state index contributed by atoms with van der Waals surface area (Å²) >= 11 is 0. The maximum atomic E-state index is 12.7. The van der Waals surface area contributed by atoms with E-state index in [0.717, 1.165) is 18.8 Å². The molecule has 1 amide bonds. The molecule has 1 fully saturated rings. The summed E-state index contributed by atoms with van der Waals surface area (Å²) in [4.78, 5) is 29.3. The Morgan fingerprint density at radius 1 is 1.08 bits per heavy atom. The number of hydrogen-bond acceptors (Lipinski definition) is 6. The Morgan fingerprint density at radius 3 is 2.46 bits per heavy atom. The van der Waals surface area contributed by atoms with Gasteiger partial charge in [0.25, 0.3) is 5.91 Å². The molecular formula is C17H22N6O. The summed E-state index contributed by atoms with van der Waals surface area (Å²) in [6.45, 7) is 6.85. The molecule has 24 heavy (non-hydrogen) atoms. The van der Waals surface area contributed by atoms with Crippen molar-refractivity contribution in [2.45, 2.75) is 19.9 Å². The van der Waals surface area contributed by atoms with Crippen LogP contribution in [0.3, 0.4) is 0 Å². The highest BCUT2D eigenvalue weighted by molar-refractivity contribution is 5.93. The summed E-state index contributed by atoms with van der Waals surface area (Å²) in [5.41, 5.74) is 1.39. The van der Waals surface area contributed by atoms with Gasteiger partial charge in [0.15, 0.2) is 0 Å². The van der Waals surface area contributed by atoms with Crippen LogP contribution in [0.25, 0.3) is 0 Å². The van der Waals surface area contributed by atoms with Crippen LogP contribution >= 0.6 is 0 Å². The van der Waals surface area contributed by atoms with E-state index in [1.54, 1.807) is 24.7 Å². The minimum absolute atomic E-state index is 0.0314. The molecule has 2 aromatic rings. The molecule has 1 N–H and O–H groups in total. The molecule has 7 nitrogen and oxygen atoms in total. The van der Waals surface area contributed by atoms with Crippen molar-refractivity contribution >= 4 is 17.5 Å². The van der Waals surface area contributed by atoms with E-state index < -0.39 is 0 Å². The summed E-state index contributed by atoms with van der Waals surface area (Å²) < 4.78 is 0. The number of anilines is 2. The van der Waals surface area contributed by atoms with E-state index in [2.05, 4.69) is 39.0 Å². The lowest BCUT2D eigenvalue weighted by atomic mass is 10.2. The highest BCUT2D eigenvalue weighted by Gasteiger charge is 2.24. The first-order chi connectivity index (χ1) is 11.6. The van der Waals surface area contributed by atoms with Gasteiger partial charge in [-0.1, -0.05) is 0 Å². The lowest BCUT2D eigenvalue weighted by Gasteiger charge is -2.34. The molecule has 3 rings (SSSR count). The topological polar surface area (TPSA) is 74.2 Å². The van der Waals surface area contributed by atoms with Crippen LogP contribution in [0.4, 0.5) is 11.6 Å². The van der Waals surface area contributed by atoms with Gasteiger partial charge < -0.3 is 15.1 Å². The molecule has 1 aliphatic heterocycles. The van der Waals surface area contributed by atoms with Gasteiger partial charge in [-0.15, -0.1) is 0 Å². The standard InChI is InChI=1S/C17H22N6O/c1-13(2)21-14-4-7-18-15(12-14)16(24)22-8-10-23(11-9-22)17-19-5-3-6-20-17/h3-7,12-13H,8-11H2,1-2H3,(H,18,21). The lowest BCUT2D eigenvalue weighted by Crippen LogP contribution is -2.49. The fourth-order valence-corrected chi connectivity index (χ4v) is 2.70. The number of nitrogens with one attached hydrogen (secondary N) is 1. The van der Waals surface area contributed by atoms with Crippen LogP contribution in [-0.4, -0.2) is 58.0 Å². The zero-order valence-corrected chi connectivity index (χ0v) is 14.0. The Kier molecular flexibility index (Phi) is 4.88. The van der Waals surface area contributed by atoms with Crippen LogP contribution < -0.4 is 10.2 Å². The van der Waals surface area contributed by atoms with Gasteiger partial charge in [0.05, 0.1) is 0 Å². The van der Waals surface area contributed by atoms with E-state index in [4.69, 9.17) is 0 Å². The molecule has 0 radical (unpaired) electrons. The van der Waals surface area contributed by atoms with Crippen molar-refractivity contribution in [3.8, 4) is 0 Å². The molecule has 0 atom stereocenters. The van der Waals surface area contributed by atoms with E-state index in [1.807, 2.05) is 17.0 Å². The normalized spacial score (nSPS) is 14.8. The van der Waals surface area contributed by atoms with Gasteiger partial charge in [-0.3, -0.25) is 9.78 Å². The minimum Gasteiger partial charge on any atom is -0.383 e. The fraction of sp³-hybridized carbons (Fsp3) is 0.412. The number of hydrogen-bond donors (Lipinski definition) is 1. The molecule has 1 saturated heterocycles. The molecule has 7 heteroatoms. The third-order valence-corrected chi connectivity index (χ3v) is 3.84. The predicted molar refractivity (Wildman–Crippen MR) is 93.1 cm³/mol. The van der Waals surface area contributed by atoms with Crippen molar-refractivity contribution < 1.29 is 4.79 Å². The number of piperazine rings is 1. The SMILES string of the molecule is CC(C)Nc1ccnc(C(=O)N2CCN(c3ncccn3)CC2)c1. The number of pyridine rings is 1. The van der Waals surface area contributed by atoms with Gasteiger partial charge in [-0.05, 0) is 32.0 Å². The first-order valence-electron chi connectivity index (χ1n) is 8.17. The molecule has 126 valence electrons. The summed E-state index contributed by atoms with van der Waals surface area (Å²) in [6.07, 6.45) is 5.14. The highest BCUT2D eigenvalue weighted by Crippen LogP contribution is 2.14. The third kappa shape index (κ3) is 3.79. The largest absolute Gasteiger partial charge is 0.383 e. The van der Waals surface area contributed by atoms with Crippen LogP contribution in [0.15, 0.2) is 36.8 Å². The quantitative estimate of drug-likeness (QED) is 0.921. The van der Waals surface area contributed by atoms with E-state index in [-0.39, 0.29) is 5.91 Å². The van der Waals surface area contributed by atoms with Gasteiger partial charge in [0, 0.05) is 56.5 Å². The molecule has 1 aliphatic rings. The second-order valence-corrected chi connectivity index (χ2v) is 6.06. The molecule has 0 aromatic carbocycles. The van der Waals surface area contributed by atoms with Crippen LogP contribution in [0.1, 0.15) is 24.3 Å². The minimum atomic E-state index is -0.0314. The molecular weight excluding hydrogens is 304 g/mol. The third-order valence-electron chi connectivity index (χ3n) is 3.84. The molecule has 0 bridgehead atoms. The predicted octanol–water partition coefficient (Wildman–Crippen LogP) is 1.65. The van der Waals surface area contributed by atoms with Crippen LogP contribution in [0, 0.1) is 0 Å². The Balaban J connectivity index is 1.63. The Hall–Kier alpha value is -2.70. The van der Waals surface area contributed by atoms with Gasteiger partial charge in [0.1, 0.15) is 5.69 Å². The average molecular weight is 326 g/mol. The van der Waals surface area contributed by atoms with Crippen molar-refractivity contribution in [2.75, 3.05) is 36.4 Å². The van der Waals surface area contributed by atoms with E-state index >= 15 is 0 Å². The second kappa shape index (κ2) is 7.25. The van der Waals surface area contributed by atoms with Crippen LogP contribution in [0.2, 0.25) is 0 Å².